The lowest BCUT2D eigenvalue weighted by Gasteiger charge is -2.43. The van der Waals surface area contributed by atoms with Gasteiger partial charge in [0, 0.05) is 5.54 Å². The van der Waals surface area contributed by atoms with E-state index in [9.17, 15) is 0 Å². The van der Waals surface area contributed by atoms with E-state index in [1.807, 2.05) is 0 Å². The topological polar surface area (TPSA) is 15.3 Å². The molecule has 2 rings (SSSR count). The fourth-order valence-electron chi connectivity index (χ4n) is 4.43. The normalized spacial score (nSPS) is 26.6. The summed E-state index contributed by atoms with van der Waals surface area (Å²) in [5, 5.41) is 3.67. The van der Waals surface area contributed by atoms with Crippen LogP contribution in [0.15, 0.2) is 0 Å². The van der Waals surface area contributed by atoms with Crippen molar-refractivity contribution in [1.29, 1.82) is 0 Å². The Morgan fingerprint density at radius 3 is 2.00 bits per heavy atom. The van der Waals surface area contributed by atoms with E-state index in [-0.39, 0.29) is 0 Å². The van der Waals surface area contributed by atoms with Crippen LogP contribution in [0.1, 0.15) is 78.1 Å². The predicted octanol–water partition coefficient (Wildman–Crippen LogP) is 4.20. The first kappa shape index (κ1) is 16.3. The van der Waals surface area contributed by atoms with E-state index in [0.717, 1.165) is 0 Å². The molecule has 0 unspecified atom stereocenters. The van der Waals surface area contributed by atoms with Gasteiger partial charge in [-0.1, -0.05) is 46.0 Å². The summed E-state index contributed by atoms with van der Waals surface area (Å²) in [6.07, 6.45) is 14.0. The molecule has 20 heavy (non-hydrogen) atoms. The maximum absolute atomic E-state index is 3.67. The molecule has 0 spiro atoms. The van der Waals surface area contributed by atoms with Gasteiger partial charge >= 0.3 is 0 Å². The Labute approximate surface area is 126 Å². The first-order chi connectivity index (χ1) is 9.67. The van der Waals surface area contributed by atoms with Gasteiger partial charge in [-0.15, -0.1) is 0 Å². The average Bonchev–Trinajstić information content (AvgIpc) is 2.54. The Kier molecular flexibility index (Phi) is 5.92. The minimum Gasteiger partial charge on any atom is -0.314 e. The van der Waals surface area contributed by atoms with E-state index in [2.05, 4.69) is 31.1 Å². The summed E-state index contributed by atoms with van der Waals surface area (Å²) >= 11 is 0. The van der Waals surface area contributed by atoms with Crippen LogP contribution in [0.5, 0.6) is 0 Å². The van der Waals surface area contributed by atoms with Crippen LogP contribution in [0.3, 0.4) is 0 Å². The third-order valence-electron chi connectivity index (χ3n) is 6.66. The largest absolute Gasteiger partial charge is 0.314 e. The highest BCUT2D eigenvalue weighted by molar-refractivity contribution is 4.91. The highest BCUT2D eigenvalue weighted by Crippen LogP contribution is 2.38. The Bertz CT molecular complexity index is 267. The van der Waals surface area contributed by atoms with Gasteiger partial charge in [-0.2, -0.15) is 0 Å². The maximum atomic E-state index is 3.67. The van der Waals surface area contributed by atoms with Crippen molar-refractivity contribution >= 4 is 0 Å². The van der Waals surface area contributed by atoms with E-state index in [1.165, 1.54) is 83.8 Å². The molecule has 0 aromatic carbocycles. The highest BCUT2D eigenvalue weighted by Gasteiger charge is 2.33. The summed E-state index contributed by atoms with van der Waals surface area (Å²) in [4.78, 5) is 2.73. The zero-order valence-electron chi connectivity index (χ0n) is 14.1. The molecule has 1 N–H and O–H groups in total. The standard InChI is InChI=1S/C18H36N2/c1-4-17(5-2)11-14-20(15-12-17)16-13-18(19-3)9-7-6-8-10-18/h19H,4-16H2,1-3H3. The summed E-state index contributed by atoms with van der Waals surface area (Å²) in [7, 11) is 2.18. The molecule has 0 radical (unpaired) electrons. The van der Waals surface area contributed by atoms with E-state index in [4.69, 9.17) is 0 Å². The Balaban J connectivity index is 1.78. The second kappa shape index (κ2) is 7.26. The monoisotopic (exact) mass is 280 g/mol. The lowest BCUT2D eigenvalue weighted by atomic mass is 9.74. The molecule has 118 valence electrons. The van der Waals surface area contributed by atoms with Crippen LogP contribution in [0.25, 0.3) is 0 Å². The van der Waals surface area contributed by atoms with Gasteiger partial charge < -0.3 is 10.2 Å². The van der Waals surface area contributed by atoms with Crippen molar-refractivity contribution in [2.24, 2.45) is 5.41 Å². The fourth-order valence-corrected chi connectivity index (χ4v) is 4.43. The van der Waals surface area contributed by atoms with Crippen molar-refractivity contribution in [3.63, 3.8) is 0 Å². The number of rotatable bonds is 6. The smallest absolute Gasteiger partial charge is 0.0190 e. The molecule has 1 aliphatic heterocycles. The van der Waals surface area contributed by atoms with Gasteiger partial charge in [0.05, 0.1) is 0 Å². The minimum atomic E-state index is 0.461. The quantitative estimate of drug-likeness (QED) is 0.784. The highest BCUT2D eigenvalue weighted by atomic mass is 15.1. The number of piperidine rings is 1. The molecule has 0 amide bonds. The second-order valence-electron chi connectivity index (χ2n) is 7.39. The summed E-state index contributed by atoms with van der Waals surface area (Å²) in [6.45, 7) is 8.75. The molecule has 2 aliphatic rings. The molecule has 0 atom stereocenters. The first-order valence-corrected chi connectivity index (χ1v) is 9.09. The van der Waals surface area contributed by atoms with Crippen molar-refractivity contribution < 1.29 is 0 Å². The molecule has 1 saturated heterocycles. The van der Waals surface area contributed by atoms with Crippen molar-refractivity contribution in [2.75, 3.05) is 26.7 Å². The number of hydrogen-bond acceptors (Lipinski definition) is 2. The zero-order chi connectivity index (χ0) is 14.5. The molecule has 2 heteroatoms. The molecule has 0 bridgehead atoms. The Morgan fingerprint density at radius 1 is 0.900 bits per heavy atom. The third kappa shape index (κ3) is 3.76. The van der Waals surface area contributed by atoms with E-state index < -0.39 is 0 Å². The van der Waals surface area contributed by atoms with Crippen LogP contribution in [0, 0.1) is 5.41 Å². The molecule has 2 fully saturated rings. The van der Waals surface area contributed by atoms with Gasteiger partial charge in [0.2, 0.25) is 0 Å². The van der Waals surface area contributed by atoms with Gasteiger partial charge in [-0.3, -0.25) is 0 Å². The van der Waals surface area contributed by atoms with Gasteiger partial charge in [-0.25, -0.2) is 0 Å². The van der Waals surface area contributed by atoms with E-state index >= 15 is 0 Å². The summed E-state index contributed by atoms with van der Waals surface area (Å²) in [5.41, 5.74) is 1.13. The second-order valence-corrected chi connectivity index (χ2v) is 7.39. The summed E-state index contributed by atoms with van der Waals surface area (Å²) < 4.78 is 0. The van der Waals surface area contributed by atoms with Crippen molar-refractivity contribution in [3.8, 4) is 0 Å². The van der Waals surface area contributed by atoms with Crippen LogP contribution in [-0.2, 0) is 0 Å². The fraction of sp³-hybridized carbons (Fsp3) is 1.00. The van der Waals surface area contributed by atoms with Crippen LogP contribution >= 0.6 is 0 Å². The lowest BCUT2D eigenvalue weighted by Crippen LogP contribution is -2.48. The van der Waals surface area contributed by atoms with Crippen LogP contribution in [-0.4, -0.2) is 37.1 Å². The molecular formula is C18H36N2. The molecule has 1 aliphatic carbocycles. The minimum absolute atomic E-state index is 0.461. The summed E-state index contributed by atoms with van der Waals surface area (Å²) in [5.74, 6) is 0. The van der Waals surface area contributed by atoms with Gasteiger partial charge in [-0.05, 0) is 64.2 Å². The van der Waals surface area contributed by atoms with Crippen LogP contribution in [0.4, 0.5) is 0 Å². The number of likely N-dealkylation sites (tertiary alicyclic amines) is 1. The van der Waals surface area contributed by atoms with Crippen LogP contribution < -0.4 is 5.32 Å². The van der Waals surface area contributed by atoms with Crippen LogP contribution in [0.2, 0.25) is 0 Å². The molecule has 1 heterocycles. The number of nitrogens with zero attached hydrogens (tertiary/aromatic N) is 1. The average molecular weight is 280 g/mol. The molecule has 0 aromatic heterocycles. The first-order valence-electron chi connectivity index (χ1n) is 9.09. The predicted molar refractivity (Wildman–Crippen MR) is 88.2 cm³/mol. The number of nitrogens with one attached hydrogen (secondary N) is 1. The molecule has 0 aromatic rings. The zero-order valence-corrected chi connectivity index (χ0v) is 14.1. The Morgan fingerprint density at radius 2 is 1.50 bits per heavy atom. The lowest BCUT2D eigenvalue weighted by molar-refractivity contribution is 0.0837. The maximum Gasteiger partial charge on any atom is 0.0190 e. The number of hydrogen-bond donors (Lipinski definition) is 1. The Hall–Kier alpha value is -0.0800. The molecular weight excluding hydrogens is 244 g/mol. The van der Waals surface area contributed by atoms with Crippen molar-refractivity contribution in [2.45, 2.75) is 83.6 Å². The van der Waals surface area contributed by atoms with Gasteiger partial charge in [0.25, 0.3) is 0 Å². The molecule has 1 saturated carbocycles. The van der Waals surface area contributed by atoms with Gasteiger partial charge in [0.1, 0.15) is 0 Å². The third-order valence-corrected chi connectivity index (χ3v) is 6.66. The van der Waals surface area contributed by atoms with Crippen molar-refractivity contribution in [3.05, 3.63) is 0 Å². The van der Waals surface area contributed by atoms with E-state index in [1.54, 1.807) is 0 Å². The van der Waals surface area contributed by atoms with Gasteiger partial charge in [0.15, 0.2) is 0 Å². The molecule has 2 nitrogen and oxygen atoms in total. The SMILES string of the molecule is CCC1(CC)CCN(CCC2(NC)CCCCC2)CC1. The van der Waals surface area contributed by atoms with Crippen molar-refractivity contribution in [1.82, 2.24) is 10.2 Å². The summed E-state index contributed by atoms with van der Waals surface area (Å²) in [6, 6.07) is 0. The van der Waals surface area contributed by atoms with E-state index in [0.29, 0.717) is 11.0 Å².